The van der Waals surface area contributed by atoms with Crippen LogP contribution in [0.4, 0.5) is 0 Å². The van der Waals surface area contributed by atoms with E-state index in [0.29, 0.717) is 233 Å². The molecule has 4 rings (SSSR count). The van der Waals surface area contributed by atoms with Crippen LogP contribution in [-0.4, -0.2) is 245 Å². The van der Waals surface area contributed by atoms with Crippen LogP contribution in [0.1, 0.15) is 85.0 Å². The summed E-state index contributed by atoms with van der Waals surface area (Å²) in [6.07, 6.45) is 11.0. The van der Waals surface area contributed by atoms with Crippen molar-refractivity contribution < 1.29 is 91.2 Å². The Labute approximate surface area is 456 Å². The van der Waals surface area contributed by atoms with Gasteiger partial charge < -0.3 is 91.7 Å². The van der Waals surface area contributed by atoms with Crippen molar-refractivity contribution in [2.75, 3.05) is 211 Å². The maximum absolute atomic E-state index is 13.1. The number of nitrogens with one attached hydrogen (secondary N) is 1. The van der Waals surface area contributed by atoms with E-state index in [1.807, 2.05) is 0 Å². The molecule has 4 aliphatic carbocycles. The maximum atomic E-state index is 13.1. The highest BCUT2D eigenvalue weighted by molar-refractivity contribution is 5.75. The monoisotopic (exact) mass is 1100 g/mol. The van der Waals surface area contributed by atoms with E-state index < -0.39 is 0 Å². The molecular formula is C56H105NO19. The summed E-state index contributed by atoms with van der Waals surface area (Å²) < 4.78 is 85.5. The molecule has 0 aliphatic heterocycles. The van der Waals surface area contributed by atoms with Crippen molar-refractivity contribution in [1.29, 1.82) is 0 Å². The van der Waals surface area contributed by atoms with Gasteiger partial charge >= 0.3 is 0 Å². The van der Waals surface area contributed by atoms with Crippen molar-refractivity contribution in [3.05, 3.63) is 0 Å². The first kappa shape index (κ1) is 67.3. The molecule has 0 heterocycles. The van der Waals surface area contributed by atoms with Crippen LogP contribution < -0.4 is 5.32 Å². The maximum Gasteiger partial charge on any atom is 0.220 e. The van der Waals surface area contributed by atoms with E-state index in [4.69, 9.17) is 86.4 Å². The van der Waals surface area contributed by atoms with Crippen LogP contribution in [0.2, 0.25) is 0 Å². The lowest BCUT2D eigenvalue weighted by molar-refractivity contribution is -0.195. The summed E-state index contributed by atoms with van der Waals surface area (Å²) in [7, 11) is 0. The average Bonchev–Trinajstić information content (AvgIpc) is 3.83. The van der Waals surface area contributed by atoms with Gasteiger partial charge in [0.05, 0.1) is 217 Å². The number of hydrogen-bond acceptors (Lipinski definition) is 19. The standard InChI is InChI=1S/C56H105NO19/c1-46(4-9-54(61)57-12-16-62-20-24-66-28-32-70-33-29-67-25-21-63-17-13-58)50-7-8-51-49-6-5-47-44-48(75-42-40-73-38-36-71-34-30-68-26-22-64-18-14-59)10-11-55(47,2)52(49)45-53(56(50,51)3)76-43-41-74-39-37-72-35-31-69-27-23-65-19-15-60/h46-53,58-60H,4-45H2,1-3H3,(H,57,61)/t46-,47-,48-,49+,50-,51+,52+,53+,55+,56-/m1/s1. The lowest BCUT2D eigenvalue weighted by Crippen LogP contribution is -2.59. The Hall–Kier alpha value is -1.25. The van der Waals surface area contributed by atoms with E-state index in [9.17, 15) is 4.79 Å². The van der Waals surface area contributed by atoms with Crippen LogP contribution in [-0.2, 0) is 75.8 Å². The first-order valence-electron chi connectivity index (χ1n) is 29.1. The van der Waals surface area contributed by atoms with Gasteiger partial charge in [-0.3, -0.25) is 4.79 Å². The number of carbonyl (C=O) groups excluding carboxylic acids is 1. The summed E-state index contributed by atoms with van der Waals surface area (Å²) in [5.74, 6) is 3.37. The fraction of sp³-hybridized carbons (Fsp3) is 0.982. The number of amides is 1. The number of carbonyl (C=O) groups is 1. The molecule has 4 N–H and O–H groups in total. The molecular weight excluding hydrogens is 991 g/mol. The minimum absolute atomic E-state index is 0.00926. The lowest BCUT2D eigenvalue weighted by Gasteiger charge is -2.63. The molecule has 0 unspecified atom stereocenters. The smallest absolute Gasteiger partial charge is 0.220 e. The molecule has 4 fully saturated rings. The van der Waals surface area contributed by atoms with Crippen LogP contribution in [0.3, 0.4) is 0 Å². The Morgan fingerprint density at radius 3 is 1.33 bits per heavy atom. The zero-order valence-electron chi connectivity index (χ0n) is 47.2. The van der Waals surface area contributed by atoms with E-state index in [1.54, 1.807) is 0 Å². The average molecular weight is 1100 g/mol. The normalized spacial score (nSPS) is 26.6. The largest absolute Gasteiger partial charge is 0.394 e. The fourth-order valence-electron chi connectivity index (χ4n) is 12.6. The Morgan fingerprint density at radius 1 is 0.474 bits per heavy atom. The van der Waals surface area contributed by atoms with Gasteiger partial charge in [0.25, 0.3) is 0 Å². The van der Waals surface area contributed by atoms with Gasteiger partial charge in [-0.15, -0.1) is 0 Å². The highest BCUT2D eigenvalue weighted by atomic mass is 16.6. The molecule has 0 aromatic heterocycles. The highest BCUT2D eigenvalue weighted by Crippen LogP contribution is 2.69. The van der Waals surface area contributed by atoms with Gasteiger partial charge in [0, 0.05) is 13.0 Å². The second-order valence-electron chi connectivity index (χ2n) is 21.1. The predicted octanol–water partition coefficient (Wildman–Crippen LogP) is 3.75. The van der Waals surface area contributed by atoms with Gasteiger partial charge in [0.2, 0.25) is 5.91 Å². The predicted molar refractivity (Wildman–Crippen MR) is 283 cm³/mol. The van der Waals surface area contributed by atoms with Gasteiger partial charge in [0.1, 0.15) is 0 Å². The first-order valence-corrected chi connectivity index (χ1v) is 29.1. The second kappa shape index (κ2) is 42.6. The number of ether oxygens (including phenoxy) is 15. The number of aliphatic hydroxyl groups is 3. The highest BCUT2D eigenvalue weighted by Gasteiger charge is 2.64. The van der Waals surface area contributed by atoms with Gasteiger partial charge in [-0.05, 0) is 104 Å². The molecule has 1 amide bonds. The Balaban J connectivity index is 1.18. The second-order valence-corrected chi connectivity index (χ2v) is 21.1. The molecule has 0 aromatic rings. The summed E-state index contributed by atoms with van der Waals surface area (Å²) in [5, 5.41) is 29.4. The minimum atomic E-state index is 0.00926. The molecule has 448 valence electrons. The van der Waals surface area contributed by atoms with Crippen molar-refractivity contribution in [2.24, 2.45) is 46.3 Å². The fourth-order valence-corrected chi connectivity index (χ4v) is 12.6. The third kappa shape index (κ3) is 25.7. The van der Waals surface area contributed by atoms with Crippen molar-refractivity contribution in [2.45, 2.75) is 97.2 Å². The van der Waals surface area contributed by atoms with Crippen LogP contribution in [0.15, 0.2) is 0 Å². The third-order valence-electron chi connectivity index (χ3n) is 16.4. The topological polar surface area (TPSA) is 228 Å². The molecule has 0 spiro atoms. The number of aliphatic hydroxyl groups excluding tert-OH is 3. The van der Waals surface area contributed by atoms with E-state index in [-0.39, 0.29) is 48.8 Å². The van der Waals surface area contributed by atoms with E-state index in [1.165, 1.54) is 32.1 Å². The number of rotatable bonds is 51. The molecule has 20 heteroatoms. The van der Waals surface area contributed by atoms with Gasteiger partial charge in [-0.1, -0.05) is 20.8 Å². The Bertz CT molecular complexity index is 1390. The Morgan fingerprint density at radius 2 is 0.882 bits per heavy atom. The van der Waals surface area contributed by atoms with Crippen molar-refractivity contribution in [1.82, 2.24) is 5.32 Å². The summed E-state index contributed by atoms with van der Waals surface area (Å²) in [5.41, 5.74) is 0.247. The van der Waals surface area contributed by atoms with Crippen LogP contribution in [0.5, 0.6) is 0 Å². The van der Waals surface area contributed by atoms with Gasteiger partial charge in [0.15, 0.2) is 0 Å². The third-order valence-corrected chi connectivity index (χ3v) is 16.4. The van der Waals surface area contributed by atoms with Crippen molar-refractivity contribution in [3.8, 4) is 0 Å². The van der Waals surface area contributed by atoms with Crippen molar-refractivity contribution >= 4 is 5.91 Å². The van der Waals surface area contributed by atoms with E-state index in [0.717, 1.165) is 25.7 Å². The molecule has 4 aliphatic rings. The SMILES string of the molecule is C[C@H](CCC(=O)NCCOCCOCCOCCOCCOCCO)[C@H]1CC[C@H]2[C@@H]3CC[C@@H]4C[C@H](OCCOCCOCCOCCOCCO)CC[C@]4(C)[C@H]3C[C@H](OCCOCCOCCOCCOCCO)[C@]12C. The number of fused-ring (bicyclic) bond motifs is 5. The summed E-state index contributed by atoms with van der Waals surface area (Å²) >= 11 is 0. The van der Waals surface area contributed by atoms with Gasteiger partial charge in [-0.2, -0.15) is 0 Å². The van der Waals surface area contributed by atoms with Crippen LogP contribution in [0, 0.1) is 46.3 Å². The molecule has 10 atom stereocenters. The van der Waals surface area contributed by atoms with Crippen molar-refractivity contribution in [3.63, 3.8) is 0 Å². The molecule has 0 bridgehead atoms. The first-order chi connectivity index (χ1) is 37.3. The lowest BCUT2D eigenvalue weighted by atomic mass is 9.43. The molecule has 20 nitrogen and oxygen atoms in total. The summed E-state index contributed by atoms with van der Waals surface area (Å²) in [4.78, 5) is 13.1. The van der Waals surface area contributed by atoms with Gasteiger partial charge in [-0.25, -0.2) is 0 Å². The van der Waals surface area contributed by atoms with E-state index >= 15 is 0 Å². The zero-order chi connectivity index (χ0) is 54.2. The van der Waals surface area contributed by atoms with Crippen LogP contribution in [0.25, 0.3) is 0 Å². The number of hydrogen-bond donors (Lipinski definition) is 4. The molecule has 0 radical (unpaired) electrons. The molecule has 0 saturated heterocycles. The van der Waals surface area contributed by atoms with Crippen LogP contribution >= 0.6 is 0 Å². The Kier molecular flexibility index (Phi) is 37.7. The molecule has 76 heavy (non-hydrogen) atoms. The van der Waals surface area contributed by atoms with E-state index in [2.05, 4.69) is 26.1 Å². The minimum Gasteiger partial charge on any atom is -0.394 e. The molecule has 4 saturated carbocycles. The zero-order valence-corrected chi connectivity index (χ0v) is 47.2. The molecule has 0 aromatic carbocycles. The summed E-state index contributed by atoms with van der Waals surface area (Å²) in [6, 6.07) is 0. The quantitative estimate of drug-likeness (QED) is 0.0636. The summed E-state index contributed by atoms with van der Waals surface area (Å²) in [6.45, 7) is 21.2.